The van der Waals surface area contributed by atoms with Crippen molar-refractivity contribution in [2.75, 3.05) is 4.31 Å². The number of ether oxygens (including phenoxy) is 1. The highest BCUT2D eigenvalue weighted by Gasteiger charge is 2.32. The van der Waals surface area contributed by atoms with Crippen LogP contribution in [0.25, 0.3) is 11.3 Å². The summed E-state index contributed by atoms with van der Waals surface area (Å²) in [7, 11) is -4.16. The number of sulfonamides is 1. The van der Waals surface area contributed by atoms with Crippen molar-refractivity contribution < 1.29 is 26.3 Å². The predicted octanol–water partition coefficient (Wildman–Crippen LogP) is 5.58. The molecule has 190 valence electrons. The highest BCUT2D eigenvalue weighted by molar-refractivity contribution is 9.10. The molecule has 2 aromatic carbocycles. The summed E-state index contributed by atoms with van der Waals surface area (Å²) in [5, 5.41) is 4.14. The summed E-state index contributed by atoms with van der Waals surface area (Å²) in [4.78, 5) is 4.50. The number of imidazole rings is 1. The van der Waals surface area contributed by atoms with Crippen molar-refractivity contribution >= 4 is 37.4 Å². The van der Waals surface area contributed by atoms with E-state index in [2.05, 4.69) is 30.7 Å². The second kappa shape index (κ2) is 9.56. The first-order chi connectivity index (χ1) is 17.6. The van der Waals surface area contributed by atoms with Gasteiger partial charge in [0.25, 0.3) is 10.0 Å². The Morgan fingerprint density at radius 3 is 2.30 bits per heavy atom. The molecule has 0 saturated carbocycles. The number of pyridine rings is 1. The molecule has 37 heavy (non-hydrogen) atoms. The van der Waals surface area contributed by atoms with Gasteiger partial charge >= 0.3 is 6.36 Å². The van der Waals surface area contributed by atoms with Crippen LogP contribution in [0.3, 0.4) is 0 Å². The van der Waals surface area contributed by atoms with Crippen LogP contribution < -0.4 is 9.04 Å². The molecule has 0 bridgehead atoms. The van der Waals surface area contributed by atoms with Gasteiger partial charge in [0.1, 0.15) is 16.0 Å². The smallest absolute Gasteiger partial charge is 0.406 e. The maximum Gasteiger partial charge on any atom is 0.573 e. The van der Waals surface area contributed by atoms with Gasteiger partial charge in [0.15, 0.2) is 5.82 Å². The van der Waals surface area contributed by atoms with Crippen LogP contribution in [-0.4, -0.2) is 33.9 Å². The van der Waals surface area contributed by atoms with Crippen LogP contribution >= 0.6 is 15.9 Å². The van der Waals surface area contributed by atoms with Gasteiger partial charge in [0.05, 0.1) is 17.1 Å². The molecule has 3 heterocycles. The number of alkyl halides is 3. The normalized spacial score (nSPS) is 12.1. The molecule has 0 radical (unpaired) electrons. The molecule has 0 spiro atoms. The van der Waals surface area contributed by atoms with Crippen molar-refractivity contribution in [3.63, 3.8) is 0 Å². The second-order valence-electron chi connectivity index (χ2n) is 7.80. The first-order valence-corrected chi connectivity index (χ1v) is 13.0. The Morgan fingerprint density at radius 1 is 0.946 bits per heavy atom. The number of halogens is 4. The molecule has 0 unspecified atom stereocenters. The number of hydrogen-bond acceptors (Lipinski definition) is 5. The molecule has 0 saturated heterocycles. The van der Waals surface area contributed by atoms with Crippen LogP contribution in [0.2, 0.25) is 0 Å². The lowest BCUT2D eigenvalue weighted by Gasteiger charge is -2.23. The summed E-state index contributed by atoms with van der Waals surface area (Å²) in [5.41, 5.74) is 1.60. The first-order valence-electron chi connectivity index (χ1n) is 10.7. The van der Waals surface area contributed by atoms with Crippen LogP contribution in [0.4, 0.5) is 19.0 Å². The van der Waals surface area contributed by atoms with Crippen molar-refractivity contribution in [1.29, 1.82) is 0 Å². The largest absolute Gasteiger partial charge is 0.573 e. The van der Waals surface area contributed by atoms with Crippen LogP contribution in [0.5, 0.6) is 5.75 Å². The van der Waals surface area contributed by atoms with Gasteiger partial charge in [-0.3, -0.25) is 4.40 Å². The van der Waals surface area contributed by atoms with Gasteiger partial charge in [-0.2, -0.15) is 5.10 Å². The van der Waals surface area contributed by atoms with Gasteiger partial charge in [-0.15, -0.1) is 13.2 Å². The Kier molecular flexibility index (Phi) is 6.42. The van der Waals surface area contributed by atoms with E-state index >= 15 is 0 Å². The lowest BCUT2D eigenvalue weighted by molar-refractivity contribution is -0.274. The molecule has 0 aliphatic carbocycles. The molecule has 0 aliphatic heterocycles. The Balaban J connectivity index is 1.55. The number of hydrogen-bond donors (Lipinski definition) is 0. The Morgan fingerprint density at radius 2 is 1.68 bits per heavy atom. The number of aromatic nitrogens is 4. The van der Waals surface area contributed by atoms with E-state index in [1.165, 1.54) is 24.3 Å². The second-order valence-corrected chi connectivity index (χ2v) is 10.4. The molecule has 5 aromatic rings. The fraction of sp³-hybridized carbons (Fsp3) is 0.0833. The molecule has 0 amide bonds. The van der Waals surface area contributed by atoms with E-state index in [4.69, 9.17) is 0 Å². The number of fused-ring (bicyclic) bond motifs is 1. The number of anilines is 1. The summed E-state index contributed by atoms with van der Waals surface area (Å²) in [6, 6.07) is 18.2. The van der Waals surface area contributed by atoms with Gasteiger partial charge in [-0.05, 0) is 76.1 Å². The highest BCUT2D eigenvalue weighted by atomic mass is 79.9. The number of benzene rings is 2. The number of rotatable bonds is 7. The average molecular weight is 592 g/mol. The zero-order valence-electron chi connectivity index (χ0n) is 18.7. The quantitative estimate of drug-likeness (QED) is 0.247. The summed E-state index contributed by atoms with van der Waals surface area (Å²) >= 11 is 3.45. The zero-order valence-corrected chi connectivity index (χ0v) is 21.2. The molecular formula is C24H17BrF3N5O3S. The third-order valence-electron chi connectivity index (χ3n) is 5.37. The highest BCUT2D eigenvalue weighted by Crippen LogP contribution is 2.33. The van der Waals surface area contributed by atoms with E-state index < -0.39 is 22.1 Å². The topological polar surface area (TPSA) is 81.7 Å². The Bertz CT molecular complexity index is 1640. The minimum Gasteiger partial charge on any atom is -0.406 e. The minimum absolute atomic E-state index is 0.00406. The third-order valence-corrected chi connectivity index (χ3v) is 7.85. The fourth-order valence-corrected chi connectivity index (χ4v) is 5.80. The summed E-state index contributed by atoms with van der Waals surface area (Å²) in [5.74, 6) is -0.285. The van der Waals surface area contributed by atoms with E-state index in [0.717, 1.165) is 16.4 Å². The van der Waals surface area contributed by atoms with E-state index in [1.54, 1.807) is 64.1 Å². The maximum absolute atomic E-state index is 13.9. The zero-order chi connectivity index (χ0) is 26.2. The molecule has 0 atom stereocenters. The van der Waals surface area contributed by atoms with E-state index in [9.17, 15) is 21.6 Å². The molecule has 0 aliphatic rings. The lowest BCUT2D eigenvalue weighted by atomic mass is 10.2. The van der Waals surface area contributed by atoms with Crippen molar-refractivity contribution in [2.24, 2.45) is 0 Å². The van der Waals surface area contributed by atoms with Gasteiger partial charge in [0.2, 0.25) is 0 Å². The van der Waals surface area contributed by atoms with E-state index in [-0.39, 0.29) is 17.3 Å². The van der Waals surface area contributed by atoms with Gasteiger partial charge in [-0.1, -0.05) is 18.2 Å². The molecule has 8 nitrogen and oxygen atoms in total. The lowest BCUT2D eigenvalue weighted by Crippen LogP contribution is -2.31. The van der Waals surface area contributed by atoms with Crippen LogP contribution in [0.15, 0.2) is 101 Å². The van der Waals surface area contributed by atoms with Crippen LogP contribution in [0.1, 0.15) is 5.56 Å². The third kappa shape index (κ3) is 5.18. The number of nitrogens with zero attached hydrogens (tertiary/aromatic N) is 5. The monoisotopic (exact) mass is 591 g/mol. The van der Waals surface area contributed by atoms with E-state index in [1.807, 2.05) is 0 Å². The summed E-state index contributed by atoms with van der Waals surface area (Å²) in [6.07, 6.45) is 0.234. The van der Waals surface area contributed by atoms with Crippen molar-refractivity contribution in [3.8, 4) is 11.4 Å². The minimum atomic E-state index is -4.83. The predicted molar refractivity (Wildman–Crippen MR) is 133 cm³/mol. The maximum atomic E-state index is 13.9. The molecular weight excluding hydrogens is 575 g/mol. The van der Waals surface area contributed by atoms with Crippen molar-refractivity contribution in [2.45, 2.75) is 17.8 Å². The standard InChI is InChI=1S/C24H17BrF3N5O3S/c25-22-23(30-21-4-1-2-14-31(21)22)33(16-17-5-9-19(10-6-17)36-24(26,27)28)37(34,35)20-11-7-18(8-12-20)32-15-3-13-29-32/h1-15H,16H2. The van der Waals surface area contributed by atoms with Gasteiger partial charge in [0, 0.05) is 18.6 Å². The van der Waals surface area contributed by atoms with Crippen molar-refractivity contribution in [3.05, 3.63) is 102 Å². The van der Waals surface area contributed by atoms with Crippen LogP contribution in [-0.2, 0) is 16.6 Å². The molecule has 13 heteroatoms. The van der Waals surface area contributed by atoms with E-state index in [0.29, 0.717) is 21.5 Å². The molecule has 0 N–H and O–H groups in total. The fourth-order valence-electron chi connectivity index (χ4n) is 3.67. The Labute approximate surface area is 217 Å². The Hall–Kier alpha value is -3.84. The first kappa shape index (κ1) is 24.8. The SMILES string of the molecule is O=S(=O)(c1ccc(-n2cccn2)cc1)N(Cc1ccc(OC(F)(F)F)cc1)c1nc2ccccn2c1Br. The van der Waals surface area contributed by atoms with Gasteiger partial charge in [-0.25, -0.2) is 22.4 Å². The van der Waals surface area contributed by atoms with Gasteiger partial charge < -0.3 is 4.74 Å². The van der Waals surface area contributed by atoms with Crippen molar-refractivity contribution in [1.82, 2.24) is 19.2 Å². The molecule has 5 rings (SSSR count). The molecule has 0 fully saturated rings. The van der Waals surface area contributed by atoms with Crippen LogP contribution in [0, 0.1) is 0 Å². The average Bonchev–Trinajstić information content (AvgIpc) is 3.52. The summed E-state index contributed by atoms with van der Waals surface area (Å²) in [6.45, 7) is -0.196. The summed E-state index contributed by atoms with van der Waals surface area (Å²) < 4.78 is 74.1. The molecule has 3 aromatic heterocycles.